The first-order valence-electron chi connectivity index (χ1n) is 23.2. The van der Waals surface area contributed by atoms with Crippen molar-refractivity contribution < 1.29 is 0 Å². The molecule has 3 aliphatic rings. The van der Waals surface area contributed by atoms with Crippen LogP contribution in [0.1, 0.15) is 47.2 Å². The molecule has 0 atom stereocenters. The molecule has 2 aliphatic carbocycles. The number of benzene rings is 10. The molecule has 1 aliphatic heterocycles. The van der Waals surface area contributed by atoms with Gasteiger partial charge in [0.2, 0.25) is 0 Å². The lowest BCUT2D eigenvalue weighted by atomic mass is 9.65. The van der Waals surface area contributed by atoms with Crippen molar-refractivity contribution in [3.8, 4) is 50.2 Å². The highest BCUT2D eigenvalue weighted by Gasteiger charge is 2.50. The van der Waals surface area contributed by atoms with Crippen molar-refractivity contribution in [1.82, 2.24) is 4.57 Å². The largest absolute Gasteiger partial charge is 0.310 e. The van der Waals surface area contributed by atoms with Gasteiger partial charge < -0.3 is 9.47 Å². The summed E-state index contributed by atoms with van der Waals surface area (Å²) in [6.07, 6.45) is 0. The highest BCUT2D eigenvalue weighted by Crippen LogP contribution is 2.61. The Kier molecular flexibility index (Phi) is 7.70. The van der Waals surface area contributed by atoms with Gasteiger partial charge >= 0.3 is 0 Å². The van der Waals surface area contributed by atoms with Crippen LogP contribution in [0.15, 0.2) is 231 Å². The Morgan fingerprint density at radius 3 is 1.62 bits per heavy atom. The van der Waals surface area contributed by atoms with Crippen LogP contribution in [0.2, 0.25) is 0 Å². The number of para-hydroxylation sites is 3. The van der Waals surface area contributed by atoms with Crippen molar-refractivity contribution in [1.29, 1.82) is 0 Å². The van der Waals surface area contributed by atoms with Crippen LogP contribution in [0.3, 0.4) is 0 Å². The van der Waals surface area contributed by atoms with Gasteiger partial charge in [-0.05, 0) is 115 Å². The molecule has 0 N–H and O–H groups in total. The molecule has 2 nitrogen and oxygen atoms in total. The molecular formula is C64H44N2. The van der Waals surface area contributed by atoms with Gasteiger partial charge in [0.15, 0.2) is 0 Å². The number of hydrogen-bond donors (Lipinski definition) is 0. The van der Waals surface area contributed by atoms with Gasteiger partial charge in [-0.25, -0.2) is 0 Å². The molecule has 0 radical (unpaired) electrons. The second-order valence-electron chi connectivity index (χ2n) is 18.8. The number of nitrogens with zero attached hydrogens (tertiary/aromatic N) is 2. The third-order valence-corrected chi connectivity index (χ3v) is 15.2. The summed E-state index contributed by atoms with van der Waals surface area (Å²) in [6, 6.07) is 86.2. The van der Waals surface area contributed by atoms with Crippen LogP contribution >= 0.6 is 0 Å². The molecule has 11 aromatic rings. The minimum absolute atomic E-state index is 0.149. The molecule has 0 unspecified atom stereocenters. The van der Waals surface area contributed by atoms with Crippen molar-refractivity contribution in [3.05, 3.63) is 264 Å². The van der Waals surface area contributed by atoms with E-state index in [1.165, 1.54) is 105 Å². The predicted molar refractivity (Wildman–Crippen MR) is 275 cm³/mol. The van der Waals surface area contributed by atoms with Crippen LogP contribution in [0.25, 0.3) is 72.0 Å². The number of rotatable bonds is 5. The number of anilines is 3. The van der Waals surface area contributed by atoms with E-state index in [0.29, 0.717) is 0 Å². The molecule has 2 heterocycles. The average Bonchev–Trinajstić information content (AvgIpc) is 3.95. The van der Waals surface area contributed by atoms with Crippen molar-refractivity contribution in [2.45, 2.75) is 24.7 Å². The summed E-state index contributed by atoms with van der Waals surface area (Å²) >= 11 is 0. The molecule has 310 valence electrons. The Hall–Kier alpha value is -8.20. The summed E-state index contributed by atoms with van der Waals surface area (Å²) < 4.78 is 2.55. The summed E-state index contributed by atoms with van der Waals surface area (Å²) in [4.78, 5) is 2.50. The minimum atomic E-state index is -0.452. The molecule has 1 spiro atoms. The summed E-state index contributed by atoms with van der Waals surface area (Å²) in [5.41, 5.74) is 24.6. The third kappa shape index (κ3) is 4.91. The normalized spacial score (nSPS) is 14.2. The molecule has 2 heteroatoms. The van der Waals surface area contributed by atoms with E-state index < -0.39 is 5.41 Å². The molecule has 0 saturated carbocycles. The maximum absolute atomic E-state index is 2.55. The van der Waals surface area contributed by atoms with Crippen LogP contribution in [0, 0.1) is 0 Å². The van der Waals surface area contributed by atoms with Crippen molar-refractivity contribution >= 4 is 38.9 Å². The summed E-state index contributed by atoms with van der Waals surface area (Å²) in [6.45, 7) is 4.75. The highest BCUT2D eigenvalue weighted by molar-refractivity contribution is 6.14. The van der Waals surface area contributed by atoms with Gasteiger partial charge in [0.05, 0.1) is 27.8 Å². The van der Waals surface area contributed by atoms with E-state index in [1.54, 1.807) is 0 Å². The SMILES string of the molecule is CC1(C)c2ccccc2-c2ccc(N(c3ccc4c(c3)c3cccc5c3n4-c3ccccc3C53c4ccccc4-c4ccccc43)c3ccccc3-c3ccc(-c4ccccc4)cc3)cc21. The Balaban J connectivity index is 1.02. The molecule has 0 amide bonds. The topological polar surface area (TPSA) is 8.17 Å². The lowest BCUT2D eigenvalue weighted by Gasteiger charge is -2.39. The molecule has 14 rings (SSSR count). The van der Waals surface area contributed by atoms with Gasteiger partial charge in [0.1, 0.15) is 0 Å². The van der Waals surface area contributed by atoms with Gasteiger partial charge in [-0.3, -0.25) is 0 Å². The Morgan fingerprint density at radius 2 is 0.879 bits per heavy atom. The Bertz CT molecular complexity index is 3750. The van der Waals surface area contributed by atoms with Gasteiger partial charge in [-0.1, -0.05) is 202 Å². The van der Waals surface area contributed by atoms with Gasteiger partial charge in [0.25, 0.3) is 0 Å². The maximum Gasteiger partial charge on any atom is 0.0754 e. The Labute approximate surface area is 385 Å². The first-order valence-corrected chi connectivity index (χ1v) is 23.2. The fourth-order valence-corrected chi connectivity index (χ4v) is 12.3. The Morgan fingerprint density at radius 1 is 0.348 bits per heavy atom. The fraction of sp³-hybridized carbons (Fsp3) is 0.0625. The fourth-order valence-electron chi connectivity index (χ4n) is 12.3. The van der Waals surface area contributed by atoms with E-state index in [9.17, 15) is 0 Å². The number of fused-ring (bicyclic) bond motifs is 15. The van der Waals surface area contributed by atoms with E-state index in [-0.39, 0.29) is 5.41 Å². The van der Waals surface area contributed by atoms with Crippen molar-refractivity contribution in [2.75, 3.05) is 4.90 Å². The van der Waals surface area contributed by atoms with E-state index >= 15 is 0 Å². The molecule has 0 saturated heterocycles. The van der Waals surface area contributed by atoms with Crippen LogP contribution in [-0.4, -0.2) is 4.57 Å². The number of hydrogen-bond acceptors (Lipinski definition) is 1. The lowest BCUT2D eigenvalue weighted by Crippen LogP contribution is -2.33. The molecule has 0 fully saturated rings. The van der Waals surface area contributed by atoms with E-state index in [4.69, 9.17) is 0 Å². The van der Waals surface area contributed by atoms with Crippen molar-refractivity contribution in [2.24, 2.45) is 0 Å². The molecule has 1 aromatic heterocycles. The first-order chi connectivity index (χ1) is 32.5. The predicted octanol–water partition coefficient (Wildman–Crippen LogP) is 16.6. The van der Waals surface area contributed by atoms with Crippen LogP contribution in [-0.2, 0) is 10.8 Å². The van der Waals surface area contributed by atoms with Crippen LogP contribution in [0.4, 0.5) is 17.1 Å². The molecular weight excluding hydrogens is 797 g/mol. The summed E-state index contributed by atoms with van der Waals surface area (Å²) in [5, 5.41) is 2.50. The molecule has 66 heavy (non-hydrogen) atoms. The quantitative estimate of drug-likeness (QED) is 0.168. The summed E-state index contributed by atoms with van der Waals surface area (Å²) in [5.74, 6) is 0. The number of aromatic nitrogens is 1. The van der Waals surface area contributed by atoms with E-state index in [2.05, 4.69) is 254 Å². The zero-order valence-electron chi connectivity index (χ0n) is 36.8. The van der Waals surface area contributed by atoms with Gasteiger partial charge in [-0.2, -0.15) is 0 Å². The summed E-state index contributed by atoms with van der Waals surface area (Å²) in [7, 11) is 0. The van der Waals surface area contributed by atoms with Crippen molar-refractivity contribution in [3.63, 3.8) is 0 Å². The monoisotopic (exact) mass is 840 g/mol. The van der Waals surface area contributed by atoms with Crippen LogP contribution in [0.5, 0.6) is 0 Å². The zero-order chi connectivity index (χ0) is 43.7. The van der Waals surface area contributed by atoms with Gasteiger partial charge in [0, 0.05) is 33.1 Å². The maximum atomic E-state index is 2.55. The average molecular weight is 841 g/mol. The van der Waals surface area contributed by atoms with Gasteiger partial charge in [-0.15, -0.1) is 0 Å². The highest BCUT2D eigenvalue weighted by atomic mass is 15.1. The van der Waals surface area contributed by atoms with E-state index in [0.717, 1.165) is 17.1 Å². The molecule has 0 bridgehead atoms. The zero-order valence-corrected chi connectivity index (χ0v) is 36.8. The second kappa shape index (κ2) is 13.7. The second-order valence-corrected chi connectivity index (χ2v) is 18.8. The third-order valence-electron chi connectivity index (χ3n) is 15.2. The minimum Gasteiger partial charge on any atom is -0.310 e. The van der Waals surface area contributed by atoms with Crippen LogP contribution < -0.4 is 4.90 Å². The smallest absolute Gasteiger partial charge is 0.0754 e. The lowest BCUT2D eigenvalue weighted by molar-refractivity contribution is 0.660. The first kappa shape index (κ1) is 37.2. The standard InChI is InChI=1S/C64H44N2/c1-63(2)53-24-10-6-20-47(53)50-37-35-45(40-58(50)63)65(59-29-14-9-19-46(59)43-33-31-42(32-34-43)41-17-4-3-5-18-41)44-36-38-60-52(39-44)51-23-16-28-57-62(51)66(60)61-30-15-13-27-56(61)64(57)54-25-11-7-21-48(54)49-22-8-12-26-55(49)64/h3-40H,1-2H3. The molecule has 10 aromatic carbocycles. The van der Waals surface area contributed by atoms with E-state index in [1.807, 2.05) is 0 Å².